The summed E-state index contributed by atoms with van der Waals surface area (Å²) in [6.07, 6.45) is 5.23. The quantitative estimate of drug-likeness (QED) is 0.748. The van der Waals surface area contributed by atoms with Gasteiger partial charge in [-0.15, -0.1) is 0 Å². The summed E-state index contributed by atoms with van der Waals surface area (Å²) in [6.45, 7) is 8.36. The Morgan fingerprint density at radius 1 is 1.09 bits per heavy atom. The number of benzene rings is 1. The zero-order valence-corrected chi connectivity index (χ0v) is 14.0. The lowest BCUT2D eigenvalue weighted by Crippen LogP contribution is -2.29. The Kier molecular flexibility index (Phi) is 5.12. The summed E-state index contributed by atoms with van der Waals surface area (Å²) in [4.78, 5) is 16.7. The van der Waals surface area contributed by atoms with Gasteiger partial charge in [-0.1, -0.05) is 44.2 Å². The van der Waals surface area contributed by atoms with Crippen LogP contribution in [0, 0.1) is 5.92 Å². The molecular formula is C20H25NO. The Hall–Kier alpha value is -1.96. The van der Waals surface area contributed by atoms with Crippen molar-refractivity contribution in [2.24, 2.45) is 5.92 Å². The molecular weight excluding hydrogens is 270 g/mol. The molecule has 0 bridgehead atoms. The van der Waals surface area contributed by atoms with Gasteiger partial charge in [-0.25, -0.2) is 0 Å². The molecule has 1 aromatic heterocycles. The molecule has 0 unspecified atom stereocenters. The third kappa shape index (κ3) is 3.82. The highest BCUT2D eigenvalue weighted by Crippen LogP contribution is 2.29. The molecule has 1 heterocycles. The van der Waals surface area contributed by atoms with Crippen LogP contribution in [0.5, 0.6) is 0 Å². The first-order valence-electron chi connectivity index (χ1n) is 7.95. The summed E-state index contributed by atoms with van der Waals surface area (Å²) in [5, 5.41) is 0. The Balaban J connectivity index is 2.17. The zero-order chi connectivity index (χ0) is 16.2. The lowest BCUT2D eigenvalue weighted by molar-refractivity contribution is -0.123. The summed E-state index contributed by atoms with van der Waals surface area (Å²) < 4.78 is 0. The van der Waals surface area contributed by atoms with Gasteiger partial charge in [0.2, 0.25) is 0 Å². The van der Waals surface area contributed by atoms with E-state index < -0.39 is 5.41 Å². The van der Waals surface area contributed by atoms with Gasteiger partial charge in [0.1, 0.15) is 5.78 Å². The van der Waals surface area contributed by atoms with Gasteiger partial charge < -0.3 is 0 Å². The summed E-state index contributed by atoms with van der Waals surface area (Å²) >= 11 is 0. The maximum absolute atomic E-state index is 12.5. The lowest BCUT2D eigenvalue weighted by Gasteiger charge is -2.24. The van der Waals surface area contributed by atoms with Crippen molar-refractivity contribution < 1.29 is 4.79 Å². The number of ketones is 1. The molecule has 1 aromatic carbocycles. The number of Topliss-reactive ketones (excluding diaryl/α,β-unsaturated/α-hetero) is 1. The van der Waals surface area contributed by atoms with Gasteiger partial charge in [-0.2, -0.15) is 0 Å². The van der Waals surface area contributed by atoms with E-state index in [1.165, 1.54) is 0 Å². The van der Waals surface area contributed by atoms with Crippen LogP contribution >= 0.6 is 0 Å². The second-order valence-corrected chi connectivity index (χ2v) is 6.80. The molecule has 0 N–H and O–H groups in total. The molecule has 0 aliphatic heterocycles. The van der Waals surface area contributed by atoms with Crippen molar-refractivity contribution in [1.82, 2.24) is 4.98 Å². The van der Waals surface area contributed by atoms with E-state index in [1.54, 1.807) is 6.20 Å². The summed E-state index contributed by atoms with van der Waals surface area (Å²) in [7, 11) is 0. The fourth-order valence-corrected chi connectivity index (χ4v) is 2.51. The molecule has 2 nitrogen and oxygen atoms in total. The number of carbonyl (C=O) groups is 1. The maximum Gasteiger partial charge on any atom is 0.142 e. The highest BCUT2D eigenvalue weighted by atomic mass is 16.1. The molecule has 0 atom stereocenters. The third-order valence-electron chi connectivity index (χ3n) is 4.25. The molecule has 2 rings (SSSR count). The van der Waals surface area contributed by atoms with Gasteiger partial charge >= 0.3 is 0 Å². The Bertz CT molecular complexity index is 612. The van der Waals surface area contributed by atoms with Gasteiger partial charge in [0.05, 0.1) is 0 Å². The lowest BCUT2D eigenvalue weighted by atomic mass is 9.78. The fourth-order valence-electron chi connectivity index (χ4n) is 2.51. The van der Waals surface area contributed by atoms with Crippen LogP contribution in [0.1, 0.15) is 46.1 Å². The smallest absolute Gasteiger partial charge is 0.142 e. The predicted octanol–water partition coefficient (Wildman–Crippen LogP) is 5.03. The van der Waals surface area contributed by atoms with Crippen molar-refractivity contribution in [1.29, 1.82) is 0 Å². The average Bonchev–Trinajstić information content (AvgIpc) is 2.53. The Morgan fingerprint density at radius 3 is 2.32 bits per heavy atom. The van der Waals surface area contributed by atoms with Crippen LogP contribution in [0.25, 0.3) is 11.1 Å². The molecule has 0 aliphatic rings. The van der Waals surface area contributed by atoms with E-state index in [1.807, 2.05) is 32.2 Å². The summed E-state index contributed by atoms with van der Waals surface area (Å²) in [6, 6.07) is 12.3. The monoisotopic (exact) mass is 295 g/mol. The Labute approximate surface area is 133 Å². The van der Waals surface area contributed by atoms with Crippen molar-refractivity contribution in [3.8, 4) is 11.1 Å². The van der Waals surface area contributed by atoms with Crippen LogP contribution in [0.4, 0.5) is 0 Å². The number of rotatable bonds is 6. The van der Waals surface area contributed by atoms with Crippen molar-refractivity contribution >= 4 is 5.78 Å². The van der Waals surface area contributed by atoms with Gasteiger partial charge in [-0.3, -0.25) is 9.78 Å². The standard InChI is InChI=1S/C20H25NO/c1-15(2)7-12-19(22)20(3,4)18-10-8-16(9-11-18)17-6-5-13-21-14-17/h5-6,8-11,13-15H,7,12H2,1-4H3. The number of nitrogens with zero attached hydrogens (tertiary/aromatic N) is 1. The molecule has 22 heavy (non-hydrogen) atoms. The van der Waals surface area contributed by atoms with Gasteiger partial charge in [0, 0.05) is 24.2 Å². The highest BCUT2D eigenvalue weighted by molar-refractivity contribution is 5.89. The van der Waals surface area contributed by atoms with Gasteiger partial charge in [-0.05, 0) is 48.9 Å². The number of hydrogen-bond acceptors (Lipinski definition) is 2. The van der Waals surface area contributed by atoms with Gasteiger partial charge in [0.15, 0.2) is 0 Å². The molecule has 0 amide bonds. The SMILES string of the molecule is CC(C)CCC(=O)C(C)(C)c1ccc(-c2cccnc2)cc1. The first-order chi connectivity index (χ1) is 10.4. The molecule has 0 radical (unpaired) electrons. The molecule has 0 saturated carbocycles. The Morgan fingerprint density at radius 2 is 1.77 bits per heavy atom. The molecule has 0 spiro atoms. The minimum atomic E-state index is -0.428. The van der Waals surface area contributed by atoms with Crippen molar-refractivity contribution in [3.63, 3.8) is 0 Å². The van der Waals surface area contributed by atoms with Crippen LogP contribution in [0.2, 0.25) is 0 Å². The van der Waals surface area contributed by atoms with Crippen LogP contribution in [-0.4, -0.2) is 10.8 Å². The van der Waals surface area contributed by atoms with Crippen molar-refractivity contribution in [2.75, 3.05) is 0 Å². The zero-order valence-electron chi connectivity index (χ0n) is 14.0. The van der Waals surface area contributed by atoms with E-state index in [0.29, 0.717) is 18.1 Å². The van der Waals surface area contributed by atoms with Crippen LogP contribution < -0.4 is 0 Å². The second-order valence-electron chi connectivity index (χ2n) is 6.80. The van der Waals surface area contributed by atoms with Crippen LogP contribution in [0.15, 0.2) is 48.8 Å². The second kappa shape index (κ2) is 6.87. The fraction of sp³-hybridized carbons (Fsp3) is 0.400. The molecule has 116 valence electrons. The topological polar surface area (TPSA) is 30.0 Å². The average molecular weight is 295 g/mol. The number of pyridine rings is 1. The van der Waals surface area contributed by atoms with Crippen molar-refractivity contribution in [2.45, 2.75) is 46.0 Å². The number of aromatic nitrogens is 1. The van der Waals surface area contributed by atoms with Crippen LogP contribution in [0.3, 0.4) is 0 Å². The summed E-state index contributed by atoms with van der Waals surface area (Å²) in [5.41, 5.74) is 2.87. The minimum Gasteiger partial charge on any atom is -0.299 e. The third-order valence-corrected chi connectivity index (χ3v) is 4.25. The molecule has 2 heteroatoms. The van der Waals surface area contributed by atoms with Gasteiger partial charge in [0.25, 0.3) is 0 Å². The maximum atomic E-state index is 12.5. The van der Waals surface area contributed by atoms with E-state index in [0.717, 1.165) is 23.1 Å². The normalized spacial score (nSPS) is 11.7. The highest BCUT2D eigenvalue weighted by Gasteiger charge is 2.28. The van der Waals surface area contributed by atoms with E-state index in [4.69, 9.17) is 0 Å². The molecule has 0 fully saturated rings. The summed E-state index contributed by atoms with van der Waals surface area (Å²) in [5.74, 6) is 0.878. The van der Waals surface area contributed by atoms with Crippen molar-refractivity contribution in [3.05, 3.63) is 54.4 Å². The predicted molar refractivity (Wildman–Crippen MR) is 91.8 cm³/mol. The minimum absolute atomic E-state index is 0.315. The van der Waals surface area contributed by atoms with E-state index in [-0.39, 0.29) is 0 Å². The van der Waals surface area contributed by atoms with E-state index >= 15 is 0 Å². The van der Waals surface area contributed by atoms with Crippen LogP contribution in [-0.2, 0) is 10.2 Å². The van der Waals surface area contributed by atoms with E-state index in [2.05, 4.69) is 43.1 Å². The van der Waals surface area contributed by atoms with E-state index in [9.17, 15) is 4.79 Å². The molecule has 0 saturated heterocycles. The largest absolute Gasteiger partial charge is 0.299 e. The number of hydrogen-bond donors (Lipinski definition) is 0. The first-order valence-corrected chi connectivity index (χ1v) is 7.95. The molecule has 0 aliphatic carbocycles. The molecule has 2 aromatic rings. The number of carbonyl (C=O) groups excluding carboxylic acids is 1. The first kappa shape index (κ1) is 16.4.